The largest absolute Gasteiger partial charge is 0.357 e. The van der Waals surface area contributed by atoms with Crippen molar-refractivity contribution in [2.75, 3.05) is 17.9 Å². The Balaban J connectivity index is 2.06. The van der Waals surface area contributed by atoms with E-state index in [2.05, 4.69) is 5.32 Å². The molecule has 3 aromatic carbocycles. The standard InChI is InChI=1S/C27H29Cl2N3O4S/c1-4-25(27(34)30-3)31(17-20-7-5-6-8-24(20)29)26(33)18-32(22-13-9-19(2)10-14-22)37(35,36)23-15-11-21(28)12-16-23/h5-16,25H,4,17-18H2,1-3H3,(H,30,34). The van der Waals surface area contributed by atoms with Crippen LogP contribution in [-0.2, 0) is 26.2 Å². The number of hydrogen-bond donors (Lipinski definition) is 1. The van der Waals surface area contributed by atoms with Crippen molar-refractivity contribution >= 4 is 50.7 Å². The van der Waals surface area contributed by atoms with Crippen molar-refractivity contribution in [2.24, 2.45) is 0 Å². The zero-order valence-electron chi connectivity index (χ0n) is 20.8. The molecular formula is C27H29Cl2N3O4S. The van der Waals surface area contributed by atoms with E-state index in [0.717, 1.165) is 9.87 Å². The predicted octanol–water partition coefficient (Wildman–Crippen LogP) is 5.05. The highest BCUT2D eigenvalue weighted by molar-refractivity contribution is 7.92. The van der Waals surface area contributed by atoms with Gasteiger partial charge in [0.25, 0.3) is 10.0 Å². The van der Waals surface area contributed by atoms with E-state index in [4.69, 9.17) is 23.2 Å². The van der Waals surface area contributed by atoms with Gasteiger partial charge in [-0.2, -0.15) is 0 Å². The van der Waals surface area contributed by atoms with E-state index >= 15 is 0 Å². The fourth-order valence-corrected chi connectivity index (χ4v) is 5.61. The van der Waals surface area contributed by atoms with Crippen molar-refractivity contribution in [3.63, 3.8) is 0 Å². The third-order valence-electron chi connectivity index (χ3n) is 5.93. The van der Waals surface area contributed by atoms with E-state index in [1.807, 2.05) is 6.92 Å². The number of anilines is 1. The lowest BCUT2D eigenvalue weighted by molar-refractivity contribution is -0.140. The third-order valence-corrected chi connectivity index (χ3v) is 8.34. The molecular weight excluding hydrogens is 533 g/mol. The molecule has 0 aromatic heterocycles. The molecule has 3 aromatic rings. The fraction of sp³-hybridized carbons (Fsp3) is 0.259. The topological polar surface area (TPSA) is 86.8 Å². The average Bonchev–Trinajstić information content (AvgIpc) is 2.88. The van der Waals surface area contributed by atoms with Gasteiger partial charge in [-0.15, -0.1) is 0 Å². The van der Waals surface area contributed by atoms with Gasteiger partial charge in [0, 0.05) is 23.6 Å². The van der Waals surface area contributed by atoms with Crippen LogP contribution < -0.4 is 9.62 Å². The lowest BCUT2D eigenvalue weighted by Gasteiger charge is -2.33. The molecule has 0 radical (unpaired) electrons. The number of benzene rings is 3. The van der Waals surface area contributed by atoms with Crippen molar-refractivity contribution in [1.29, 1.82) is 0 Å². The molecule has 10 heteroatoms. The van der Waals surface area contributed by atoms with Crippen LogP contribution in [0, 0.1) is 6.92 Å². The van der Waals surface area contributed by atoms with Crippen LogP contribution in [0.25, 0.3) is 0 Å². The average molecular weight is 563 g/mol. The first-order chi connectivity index (χ1) is 17.6. The Morgan fingerprint density at radius 2 is 1.57 bits per heavy atom. The van der Waals surface area contributed by atoms with Gasteiger partial charge in [-0.25, -0.2) is 8.42 Å². The number of nitrogens with zero attached hydrogens (tertiary/aromatic N) is 2. The number of rotatable bonds is 10. The smallest absolute Gasteiger partial charge is 0.264 e. The Morgan fingerprint density at radius 1 is 0.946 bits per heavy atom. The summed E-state index contributed by atoms with van der Waals surface area (Å²) in [7, 11) is -2.66. The Kier molecular flexibility index (Phi) is 9.59. The molecule has 0 bridgehead atoms. The molecule has 3 rings (SSSR count). The molecule has 7 nitrogen and oxygen atoms in total. The van der Waals surface area contributed by atoms with Crippen molar-refractivity contribution in [2.45, 2.75) is 37.8 Å². The Labute approximate surface area is 228 Å². The van der Waals surface area contributed by atoms with Crippen LogP contribution in [0.1, 0.15) is 24.5 Å². The molecule has 1 N–H and O–H groups in total. The number of aryl methyl sites for hydroxylation is 1. The van der Waals surface area contributed by atoms with Gasteiger partial charge < -0.3 is 10.2 Å². The van der Waals surface area contributed by atoms with E-state index < -0.39 is 28.5 Å². The number of sulfonamides is 1. The molecule has 0 fully saturated rings. The molecule has 0 aliphatic rings. The molecule has 0 saturated heterocycles. The van der Waals surface area contributed by atoms with Crippen molar-refractivity contribution in [3.05, 3.63) is 94.0 Å². The summed E-state index contributed by atoms with van der Waals surface area (Å²) in [4.78, 5) is 27.9. The molecule has 0 aliphatic carbocycles. The second kappa shape index (κ2) is 12.4. The number of likely N-dealkylation sites (N-methyl/N-ethyl adjacent to an activating group) is 1. The maximum Gasteiger partial charge on any atom is 0.264 e. The Morgan fingerprint density at radius 3 is 2.14 bits per heavy atom. The highest BCUT2D eigenvalue weighted by Gasteiger charge is 2.33. The molecule has 0 aliphatic heterocycles. The van der Waals surface area contributed by atoms with E-state index in [1.165, 1.54) is 36.2 Å². The first-order valence-electron chi connectivity index (χ1n) is 11.7. The minimum Gasteiger partial charge on any atom is -0.357 e. The van der Waals surface area contributed by atoms with Crippen molar-refractivity contribution in [1.82, 2.24) is 10.2 Å². The van der Waals surface area contributed by atoms with E-state index in [1.54, 1.807) is 55.5 Å². The maximum absolute atomic E-state index is 13.8. The van der Waals surface area contributed by atoms with Gasteiger partial charge in [0.1, 0.15) is 12.6 Å². The number of nitrogens with one attached hydrogen (secondary N) is 1. The second-order valence-electron chi connectivity index (χ2n) is 8.45. The maximum atomic E-state index is 13.8. The molecule has 1 atom stereocenters. The van der Waals surface area contributed by atoms with Crippen molar-refractivity contribution in [3.8, 4) is 0 Å². The van der Waals surface area contributed by atoms with Crippen LogP contribution in [0.3, 0.4) is 0 Å². The lowest BCUT2D eigenvalue weighted by atomic mass is 10.1. The van der Waals surface area contributed by atoms with E-state index in [-0.39, 0.29) is 17.3 Å². The molecule has 0 saturated carbocycles. The first kappa shape index (κ1) is 28.5. The minimum atomic E-state index is -4.15. The Hall–Kier alpha value is -3.07. The number of hydrogen-bond acceptors (Lipinski definition) is 4. The van der Waals surface area contributed by atoms with Gasteiger partial charge >= 0.3 is 0 Å². The zero-order valence-corrected chi connectivity index (χ0v) is 23.1. The molecule has 37 heavy (non-hydrogen) atoms. The summed E-state index contributed by atoms with van der Waals surface area (Å²) >= 11 is 12.3. The fourth-order valence-electron chi connectivity index (χ4n) is 3.87. The van der Waals surface area contributed by atoms with E-state index in [9.17, 15) is 18.0 Å². The summed E-state index contributed by atoms with van der Waals surface area (Å²) in [5.41, 5.74) is 1.90. The van der Waals surface area contributed by atoms with Gasteiger partial charge in [-0.1, -0.05) is 66.0 Å². The molecule has 0 heterocycles. The summed E-state index contributed by atoms with van der Waals surface area (Å²) in [6.45, 7) is 3.18. The summed E-state index contributed by atoms with van der Waals surface area (Å²) in [5, 5.41) is 3.42. The van der Waals surface area contributed by atoms with Crippen LogP contribution in [0.5, 0.6) is 0 Å². The monoisotopic (exact) mass is 561 g/mol. The van der Waals surface area contributed by atoms with Gasteiger partial charge in [0.05, 0.1) is 10.6 Å². The van der Waals surface area contributed by atoms with Crippen molar-refractivity contribution < 1.29 is 18.0 Å². The number of carbonyl (C=O) groups excluding carboxylic acids is 2. The van der Waals surface area contributed by atoms with Gasteiger partial charge in [0.15, 0.2) is 0 Å². The SMILES string of the molecule is CCC(C(=O)NC)N(Cc1ccccc1Cl)C(=O)CN(c1ccc(C)cc1)S(=O)(=O)c1ccc(Cl)cc1. The Bertz CT molecular complexity index is 1350. The van der Waals surface area contributed by atoms with Crippen LogP contribution in [0.4, 0.5) is 5.69 Å². The summed E-state index contributed by atoms with van der Waals surface area (Å²) in [5.74, 6) is -0.904. The first-order valence-corrected chi connectivity index (χ1v) is 13.9. The number of halogens is 2. The summed E-state index contributed by atoms with van der Waals surface area (Å²) in [6.07, 6.45) is 0.324. The quantitative estimate of drug-likeness (QED) is 0.375. The minimum absolute atomic E-state index is 0.0127. The normalized spacial score (nSPS) is 12.0. The van der Waals surface area contributed by atoms with Crippen LogP contribution >= 0.6 is 23.2 Å². The number of carbonyl (C=O) groups is 2. The van der Waals surface area contributed by atoms with E-state index in [0.29, 0.717) is 27.7 Å². The second-order valence-corrected chi connectivity index (χ2v) is 11.2. The van der Waals surface area contributed by atoms with Crippen LogP contribution in [-0.4, -0.2) is 44.8 Å². The summed E-state index contributed by atoms with van der Waals surface area (Å²) in [6, 6.07) is 18.8. The molecule has 196 valence electrons. The van der Waals surface area contributed by atoms with Crippen LogP contribution in [0.2, 0.25) is 10.0 Å². The molecule has 1 unspecified atom stereocenters. The lowest BCUT2D eigenvalue weighted by Crippen LogP contribution is -2.51. The predicted molar refractivity (Wildman–Crippen MR) is 147 cm³/mol. The van der Waals surface area contributed by atoms with Gasteiger partial charge in [0.2, 0.25) is 11.8 Å². The van der Waals surface area contributed by atoms with Crippen LogP contribution in [0.15, 0.2) is 77.7 Å². The highest BCUT2D eigenvalue weighted by Crippen LogP contribution is 2.26. The van der Waals surface area contributed by atoms with Gasteiger partial charge in [-0.05, 0) is 61.4 Å². The zero-order chi connectivity index (χ0) is 27.2. The molecule has 0 spiro atoms. The highest BCUT2D eigenvalue weighted by atomic mass is 35.5. The third kappa shape index (κ3) is 6.83. The van der Waals surface area contributed by atoms with Gasteiger partial charge in [-0.3, -0.25) is 13.9 Å². The number of amides is 2. The summed E-state index contributed by atoms with van der Waals surface area (Å²) < 4.78 is 28.5. The molecule has 2 amide bonds.